The monoisotopic (exact) mass is 367 g/mol. The highest BCUT2D eigenvalue weighted by Gasteiger charge is 2.30. The van der Waals surface area contributed by atoms with E-state index in [0.717, 1.165) is 30.5 Å². The van der Waals surface area contributed by atoms with Crippen molar-refractivity contribution < 1.29 is 9.18 Å². The minimum atomic E-state index is -0.270. The van der Waals surface area contributed by atoms with Gasteiger partial charge in [0, 0.05) is 6.54 Å². The molecule has 1 atom stereocenters. The van der Waals surface area contributed by atoms with Gasteiger partial charge in [-0.3, -0.25) is 4.79 Å². The summed E-state index contributed by atoms with van der Waals surface area (Å²) in [5, 5.41) is 4.21. The first-order valence-electron chi connectivity index (χ1n) is 9.31. The maximum atomic E-state index is 13.3. The van der Waals surface area contributed by atoms with Crippen LogP contribution in [0.15, 0.2) is 36.7 Å². The van der Waals surface area contributed by atoms with Crippen molar-refractivity contribution in [3.8, 4) is 0 Å². The summed E-state index contributed by atoms with van der Waals surface area (Å²) in [4.78, 5) is 23.8. The van der Waals surface area contributed by atoms with Crippen LogP contribution in [0, 0.1) is 5.82 Å². The zero-order chi connectivity index (χ0) is 19.0. The number of hydrogen-bond donors (Lipinski definition) is 0. The molecule has 0 bridgehead atoms. The summed E-state index contributed by atoms with van der Waals surface area (Å²) in [7, 11) is 0. The molecule has 1 aliphatic heterocycles. The molecular weight excluding hydrogens is 345 g/mol. The first kappa shape index (κ1) is 17.6. The Morgan fingerprint density at radius 3 is 2.74 bits per heavy atom. The zero-order valence-corrected chi connectivity index (χ0v) is 15.5. The number of carbonyl (C=O) groups is 1. The number of benzene rings is 1. The Balaban J connectivity index is 1.71. The van der Waals surface area contributed by atoms with Crippen LogP contribution in [0.3, 0.4) is 0 Å². The summed E-state index contributed by atoms with van der Waals surface area (Å²) in [6, 6.07) is 8.17. The van der Waals surface area contributed by atoms with Crippen LogP contribution in [0.2, 0.25) is 0 Å². The molecule has 27 heavy (non-hydrogen) atoms. The van der Waals surface area contributed by atoms with Crippen molar-refractivity contribution in [1.82, 2.24) is 24.5 Å². The van der Waals surface area contributed by atoms with Gasteiger partial charge in [0.1, 0.15) is 17.8 Å². The molecule has 1 saturated heterocycles. The third kappa shape index (κ3) is 3.29. The molecule has 0 radical (unpaired) electrons. The van der Waals surface area contributed by atoms with E-state index in [2.05, 4.69) is 15.1 Å². The highest BCUT2D eigenvalue weighted by atomic mass is 19.1. The number of nitrogens with zero attached hydrogens (tertiary/aromatic N) is 5. The fourth-order valence-electron chi connectivity index (χ4n) is 3.71. The van der Waals surface area contributed by atoms with E-state index in [-0.39, 0.29) is 23.7 Å². The molecule has 2 aromatic heterocycles. The fraction of sp³-hybridized carbons (Fsp3) is 0.400. The van der Waals surface area contributed by atoms with Gasteiger partial charge in [0.05, 0.1) is 11.7 Å². The molecule has 1 fully saturated rings. The fourth-order valence-corrected chi connectivity index (χ4v) is 3.71. The van der Waals surface area contributed by atoms with Gasteiger partial charge >= 0.3 is 0 Å². The van der Waals surface area contributed by atoms with Gasteiger partial charge in [-0.15, -0.1) is 0 Å². The smallest absolute Gasteiger partial charge is 0.273 e. The van der Waals surface area contributed by atoms with E-state index in [4.69, 9.17) is 0 Å². The molecular formula is C20H22FN5O. The summed E-state index contributed by atoms with van der Waals surface area (Å²) in [5.74, 6) is 0.224. The Morgan fingerprint density at radius 1 is 1.22 bits per heavy atom. The van der Waals surface area contributed by atoms with E-state index >= 15 is 0 Å². The second-order valence-electron chi connectivity index (χ2n) is 7.25. The number of piperidine rings is 1. The lowest BCUT2D eigenvalue weighted by Crippen LogP contribution is -2.39. The van der Waals surface area contributed by atoms with Crippen molar-refractivity contribution in [2.24, 2.45) is 0 Å². The van der Waals surface area contributed by atoms with Crippen molar-refractivity contribution in [1.29, 1.82) is 0 Å². The number of likely N-dealkylation sites (tertiary alicyclic amines) is 1. The first-order valence-corrected chi connectivity index (χ1v) is 9.31. The Hall–Kier alpha value is -2.83. The van der Waals surface area contributed by atoms with Crippen molar-refractivity contribution in [2.75, 3.05) is 6.54 Å². The van der Waals surface area contributed by atoms with E-state index in [1.54, 1.807) is 16.6 Å². The third-order valence-electron chi connectivity index (χ3n) is 5.11. The average Bonchev–Trinajstić information content (AvgIpc) is 3.15. The van der Waals surface area contributed by atoms with Crippen molar-refractivity contribution in [3.05, 3.63) is 59.4 Å². The highest BCUT2D eigenvalue weighted by Crippen LogP contribution is 2.32. The van der Waals surface area contributed by atoms with E-state index in [0.29, 0.717) is 18.0 Å². The number of halogens is 1. The van der Waals surface area contributed by atoms with Gasteiger partial charge in [0.2, 0.25) is 0 Å². The predicted molar refractivity (Wildman–Crippen MR) is 98.9 cm³/mol. The van der Waals surface area contributed by atoms with Crippen molar-refractivity contribution in [3.63, 3.8) is 0 Å². The minimum absolute atomic E-state index is 0.0646. The topological polar surface area (TPSA) is 63.4 Å². The molecule has 3 aromatic rings. The molecule has 0 aliphatic carbocycles. The molecule has 140 valence electrons. The van der Waals surface area contributed by atoms with Gasteiger partial charge in [0.15, 0.2) is 0 Å². The summed E-state index contributed by atoms with van der Waals surface area (Å²) in [6.45, 7) is 4.76. The molecule has 7 heteroatoms. The van der Waals surface area contributed by atoms with Gasteiger partial charge in [-0.05, 0) is 48.9 Å². The number of aromatic nitrogens is 4. The Labute approximate surface area is 157 Å². The Bertz CT molecular complexity index is 966. The molecule has 0 saturated carbocycles. The number of amides is 1. The summed E-state index contributed by atoms with van der Waals surface area (Å²) >= 11 is 0. The Morgan fingerprint density at radius 2 is 2.00 bits per heavy atom. The molecule has 0 N–H and O–H groups in total. The second kappa shape index (κ2) is 7.06. The normalized spacial score (nSPS) is 17.6. The minimum Gasteiger partial charge on any atom is -0.330 e. The van der Waals surface area contributed by atoms with Crippen molar-refractivity contribution >= 4 is 11.7 Å². The average molecular weight is 367 g/mol. The molecule has 1 aromatic carbocycles. The third-order valence-corrected chi connectivity index (χ3v) is 5.11. The lowest BCUT2D eigenvalue weighted by molar-refractivity contribution is 0.0605. The SMILES string of the molecule is CC(C)c1cc(C(=O)N2CCCC[C@@H]2c2ccc(F)cc2)nc2ncnn12. The molecule has 4 rings (SSSR count). The van der Waals surface area contributed by atoms with E-state index in [1.165, 1.54) is 18.5 Å². The maximum absolute atomic E-state index is 13.3. The van der Waals surface area contributed by atoms with Gasteiger partial charge in [-0.1, -0.05) is 26.0 Å². The van der Waals surface area contributed by atoms with Crippen LogP contribution >= 0.6 is 0 Å². The lowest BCUT2D eigenvalue weighted by atomic mass is 9.94. The summed E-state index contributed by atoms with van der Waals surface area (Å²) in [6.07, 6.45) is 4.31. The summed E-state index contributed by atoms with van der Waals surface area (Å²) < 4.78 is 15.0. The molecule has 3 heterocycles. The number of carbonyl (C=O) groups excluding carboxylic acids is 1. The second-order valence-corrected chi connectivity index (χ2v) is 7.25. The van der Waals surface area contributed by atoms with Crippen molar-refractivity contribution in [2.45, 2.75) is 45.1 Å². The zero-order valence-electron chi connectivity index (χ0n) is 15.5. The standard InChI is InChI=1S/C20H22FN5O/c1-13(2)18-11-16(24-20-22-12-23-26(18)20)19(27)25-10-4-3-5-17(25)14-6-8-15(21)9-7-14/h6-9,11-13,17H,3-5,10H2,1-2H3/t17-/m1/s1. The predicted octanol–water partition coefficient (Wildman–Crippen LogP) is 3.75. The first-order chi connectivity index (χ1) is 13.0. The summed E-state index contributed by atoms with van der Waals surface area (Å²) in [5.41, 5.74) is 2.24. The molecule has 1 amide bonds. The Kier molecular flexibility index (Phi) is 4.59. The van der Waals surface area contributed by atoms with Crippen LogP contribution in [0.25, 0.3) is 5.78 Å². The van der Waals surface area contributed by atoms with Crippen LogP contribution in [0.4, 0.5) is 4.39 Å². The maximum Gasteiger partial charge on any atom is 0.273 e. The van der Waals surface area contributed by atoms with Crippen LogP contribution in [0.5, 0.6) is 0 Å². The lowest BCUT2D eigenvalue weighted by Gasteiger charge is -2.36. The number of fused-ring (bicyclic) bond motifs is 1. The van der Waals surface area contributed by atoms with Gasteiger partial charge in [0.25, 0.3) is 11.7 Å². The van der Waals surface area contributed by atoms with E-state index < -0.39 is 0 Å². The van der Waals surface area contributed by atoms with E-state index in [1.807, 2.05) is 24.8 Å². The number of rotatable bonds is 3. The molecule has 0 spiro atoms. The molecule has 1 aliphatic rings. The van der Waals surface area contributed by atoms with Gasteiger partial charge < -0.3 is 4.90 Å². The van der Waals surface area contributed by atoms with E-state index in [9.17, 15) is 9.18 Å². The number of hydrogen-bond acceptors (Lipinski definition) is 4. The van der Waals surface area contributed by atoms with Crippen LogP contribution in [-0.2, 0) is 0 Å². The van der Waals surface area contributed by atoms with Gasteiger partial charge in [-0.25, -0.2) is 13.9 Å². The van der Waals surface area contributed by atoms with Crippen LogP contribution < -0.4 is 0 Å². The van der Waals surface area contributed by atoms with Gasteiger partial charge in [-0.2, -0.15) is 10.1 Å². The van der Waals surface area contributed by atoms with Crippen LogP contribution in [0.1, 0.15) is 66.8 Å². The largest absolute Gasteiger partial charge is 0.330 e. The molecule has 0 unspecified atom stereocenters. The molecule has 6 nitrogen and oxygen atoms in total. The highest BCUT2D eigenvalue weighted by molar-refractivity contribution is 5.93. The quantitative estimate of drug-likeness (QED) is 0.707. The van der Waals surface area contributed by atoms with Crippen LogP contribution in [-0.4, -0.2) is 36.9 Å².